The van der Waals surface area contributed by atoms with Crippen LogP contribution in [0.2, 0.25) is 10.0 Å². The number of allylic oxidation sites excluding steroid dienone is 1. The lowest BCUT2D eigenvalue weighted by Crippen LogP contribution is -2.21. The number of nitrogens with two attached hydrogens (primary N) is 1. The minimum atomic E-state index is -0.489. The topological polar surface area (TPSA) is 96.0 Å². The van der Waals surface area contributed by atoms with Gasteiger partial charge in [0.2, 0.25) is 12.7 Å². The lowest BCUT2D eigenvalue weighted by molar-refractivity contribution is 0.174. The van der Waals surface area contributed by atoms with Crippen LogP contribution < -0.4 is 29.4 Å². The van der Waals surface area contributed by atoms with E-state index >= 15 is 0 Å². The van der Waals surface area contributed by atoms with Gasteiger partial charge < -0.3 is 29.4 Å². The van der Waals surface area contributed by atoms with Crippen molar-refractivity contribution >= 4 is 23.2 Å². The maximum atomic E-state index is 9.89. The minimum absolute atomic E-state index is 0.0412. The van der Waals surface area contributed by atoms with Gasteiger partial charge in [0, 0.05) is 27.2 Å². The average Bonchev–Trinajstić information content (AvgIpc) is 3.29. The maximum Gasteiger partial charge on any atom is 0.231 e. The molecule has 5 rings (SSSR count). The first-order chi connectivity index (χ1) is 17.0. The monoisotopic (exact) mass is 510 g/mol. The number of ether oxygens (including phenoxy) is 5. The molecule has 178 valence electrons. The molecule has 7 nitrogen and oxygen atoms in total. The average molecular weight is 511 g/mol. The van der Waals surface area contributed by atoms with E-state index in [0.717, 1.165) is 16.7 Å². The molecule has 0 amide bonds. The molecule has 2 heterocycles. The summed E-state index contributed by atoms with van der Waals surface area (Å²) in [7, 11) is 0. The van der Waals surface area contributed by atoms with E-state index in [2.05, 4.69) is 6.07 Å². The highest BCUT2D eigenvalue weighted by Gasteiger charge is 2.33. The molecule has 2 aliphatic rings. The van der Waals surface area contributed by atoms with Crippen LogP contribution in [0.4, 0.5) is 0 Å². The lowest BCUT2D eigenvalue weighted by atomic mass is 9.83. The first kappa shape index (κ1) is 23.0. The Labute approximate surface area is 212 Å². The number of nitriles is 1. The van der Waals surface area contributed by atoms with E-state index in [1.165, 1.54) is 0 Å². The molecule has 2 N–H and O–H groups in total. The van der Waals surface area contributed by atoms with Crippen molar-refractivity contribution in [3.63, 3.8) is 0 Å². The number of benzene rings is 3. The van der Waals surface area contributed by atoms with Gasteiger partial charge in [-0.05, 0) is 42.8 Å². The van der Waals surface area contributed by atoms with Gasteiger partial charge in [-0.3, -0.25) is 0 Å². The van der Waals surface area contributed by atoms with Crippen molar-refractivity contribution in [2.24, 2.45) is 5.73 Å². The molecular formula is C26H20Cl2N2O5. The van der Waals surface area contributed by atoms with Crippen molar-refractivity contribution in [2.45, 2.75) is 19.4 Å². The predicted molar refractivity (Wildman–Crippen MR) is 130 cm³/mol. The van der Waals surface area contributed by atoms with Gasteiger partial charge in [0.05, 0.1) is 12.5 Å². The van der Waals surface area contributed by atoms with Crippen LogP contribution in [0.25, 0.3) is 0 Å². The van der Waals surface area contributed by atoms with E-state index < -0.39 is 5.92 Å². The second kappa shape index (κ2) is 9.49. The van der Waals surface area contributed by atoms with Crippen molar-refractivity contribution in [3.8, 4) is 34.8 Å². The largest absolute Gasteiger partial charge is 0.490 e. The molecule has 1 atom stereocenters. The smallest absolute Gasteiger partial charge is 0.231 e. The quantitative estimate of drug-likeness (QED) is 0.439. The zero-order valence-electron chi connectivity index (χ0n) is 18.6. The fraction of sp³-hybridized carbons (Fsp3) is 0.192. The van der Waals surface area contributed by atoms with Crippen molar-refractivity contribution < 1.29 is 23.7 Å². The molecule has 0 unspecified atom stereocenters. The molecule has 0 radical (unpaired) electrons. The molecule has 9 heteroatoms. The predicted octanol–water partition coefficient (Wildman–Crippen LogP) is 5.92. The highest BCUT2D eigenvalue weighted by molar-refractivity contribution is 6.35. The molecular weight excluding hydrogens is 491 g/mol. The standard InChI is InChI=1S/C26H20Cl2N2O5/c1-2-31-22-7-14(4-6-20(22)32-12-15-3-5-16(27)8-19(15)28)25-17-9-23-24(34-13-33-23)10-21(17)35-26(30)18(25)11-29/h3-10,25H,2,12-13,30H2,1H3/t25-/m1/s1. The van der Waals surface area contributed by atoms with Crippen molar-refractivity contribution in [2.75, 3.05) is 13.4 Å². The fourth-order valence-corrected chi connectivity index (χ4v) is 4.54. The van der Waals surface area contributed by atoms with Crippen molar-refractivity contribution in [1.82, 2.24) is 0 Å². The van der Waals surface area contributed by atoms with Crippen LogP contribution >= 0.6 is 23.2 Å². The molecule has 2 aliphatic heterocycles. The Balaban J connectivity index is 1.52. The number of hydrogen-bond acceptors (Lipinski definition) is 7. The molecule has 3 aromatic carbocycles. The first-order valence-corrected chi connectivity index (χ1v) is 11.6. The van der Waals surface area contributed by atoms with Crippen LogP contribution in [0, 0.1) is 11.3 Å². The van der Waals surface area contributed by atoms with Crippen LogP contribution in [0.1, 0.15) is 29.5 Å². The summed E-state index contributed by atoms with van der Waals surface area (Å²) in [5, 5.41) is 11.0. The van der Waals surface area contributed by atoms with E-state index in [1.54, 1.807) is 24.3 Å². The summed E-state index contributed by atoms with van der Waals surface area (Å²) >= 11 is 12.3. The molecule has 0 saturated carbocycles. The molecule has 0 bridgehead atoms. The van der Waals surface area contributed by atoms with Gasteiger partial charge in [0.25, 0.3) is 0 Å². The summed E-state index contributed by atoms with van der Waals surface area (Å²) in [4.78, 5) is 0. The summed E-state index contributed by atoms with van der Waals surface area (Å²) in [5.74, 6) is 2.27. The zero-order chi connectivity index (χ0) is 24.5. The van der Waals surface area contributed by atoms with Crippen LogP contribution in [-0.2, 0) is 6.61 Å². The Hall–Kier alpha value is -3.73. The molecule has 0 saturated heterocycles. The third-order valence-corrected chi connectivity index (χ3v) is 6.30. The Morgan fingerprint density at radius 3 is 2.54 bits per heavy atom. The SMILES string of the molecule is CCOc1cc([C@H]2C(C#N)=C(N)Oc3cc4c(cc32)OCO4)ccc1OCc1ccc(Cl)cc1Cl. The van der Waals surface area contributed by atoms with Crippen LogP contribution in [0.5, 0.6) is 28.7 Å². The number of fused-ring (bicyclic) bond motifs is 2. The molecule has 35 heavy (non-hydrogen) atoms. The summed E-state index contributed by atoms with van der Waals surface area (Å²) < 4.78 is 28.7. The van der Waals surface area contributed by atoms with E-state index in [-0.39, 0.29) is 19.3 Å². The van der Waals surface area contributed by atoms with Gasteiger partial charge in [-0.1, -0.05) is 35.3 Å². The molecule has 0 fully saturated rings. The Bertz CT molecular complexity index is 1380. The maximum absolute atomic E-state index is 9.89. The molecule has 0 aliphatic carbocycles. The van der Waals surface area contributed by atoms with E-state index in [9.17, 15) is 5.26 Å². The highest BCUT2D eigenvalue weighted by atomic mass is 35.5. The second-order valence-electron chi connectivity index (χ2n) is 7.83. The molecule has 0 spiro atoms. The zero-order valence-corrected chi connectivity index (χ0v) is 20.2. The highest BCUT2D eigenvalue weighted by Crippen LogP contribution is 2.48. The normalized spacial score (nSPS) is 15.8. The summed E-state index contributed by atoms with van der Waals surface area (Å²) in [5.41, 5.74) is 8.73. The summed E-state index contributed by atoms with van der Waals surface area (Å²) in [6, 6.07) is 16.5. The van der Waals surface area contributed by atoms with E-state index in [4.69, 9.17) is 52.6 Å². The van der Waals surface area contributed by atoms with Crippen molar-refractivity contribution in [1.29, 1.82) is 5.26 Å². The van der Waals surface area contributed by atoms with Gasteiger partial charge in [-0.15, -0.1) is 0 Å². The number of hydrogen-bond donors (Lipinski definition) is 1. The van der Waals surface area contributed by atoms with E-state index in [1.807, 2.05) is 31.2 Å². The second-order valence-corrected chi connectivity index (χ2v) is 8.68. The van der Waals surface area contributed by atoms with Gasteiger partial charge in [-0.25, -0.2) is 0 Å². The van der Waals surface area contributed by atoms with Gasteiger partial charge >= 0.3 is 0 Å². The third-order valence-electron chi connectivity index (χ3n) is 5.71. The Morgan fingerprint density at radius 2 is 1.80 bits per heavy atom. The van der Waals surface area contributed by atoms with E-state index in [0.29, 0.717) is 51.0 Å². The first-order valence-electron chi connectivity index (χ1n) is 10.8. The number of rotatable bonds is 6. The van der Waals surface area contributed by atoms with Crippen LogP contribution in [0.15, 0.2) is 60.0 Å². The Morgan fingerprint density at radius 1 is 1.00 bits per heavy atom. The van der Waals surface area contributed by atoms with Crippen molar-refractivity contribution in [3.05, 3.63) is 86.7 Å². The summed E-state index contributed by atoms with van der Waals surface area (Å²) in [6.07, 6.45) is 0. The fourth-order valence-electron chi connectivity index (χ4n) is 4.08. The number of nitrogens with zero attached hydrogens (tertiary/aromatic N) is 1. The number of halogens is 2. The van der Waals surface area contributed by atoms with Gasteiger partial charge in [0.1, 0.15) is 24.0 Å². The lowest BCUT2D eigenvalue weighted by Gasteiger charge is -2.27. The minimum Gasteiger partial charge on any atom is -0.490 e. The third kappa shape index (κ3) is 4.39. The van der Waals surface area contributed by atoms with Gasteiger partial charge in [0.15, 0.2) is 23.0 Å². The van der Waals surface area contributed by atoms with Crippen LogP contribution in [-0.4, -0.2) is 13.4 Å². The Kier molecular flexibility index (Phi) is 6.25. The van der Waals surface area contributed by atoms with Crippen LogP contribution in [0.3, 0.4) is 0 Å². The summed E-state index contributed by atoms with van der Waals surface area (Å²) in [6.45, 7) is 2.66. The molecule has 0 aromatic heterocycles. The van der Waals surface area contributed by atoms with Gasteiger partial charge in [-0.2, -0.15) is 5.26 Å². The molecule has 3 aromatic rings.